The second-order valence-corrected chi connectivity index (χ2v) is 10.7. The lowest BCUT2D eigenvalue weighted by Gasteiger charge is -2.42. The Morgan fingerprint density at radius 1 is 1.35 bits per heavy atom. The van der Waals surface area contributed by atoms with Gasteiger partial charge in [0.2, 0.25) is 0 Å². The van der Waals surface area contributed by atoms with Gasteiger partial charge in [0, 0.05) is 12.8 Å². The summed E-state index contributed by atoms with van der Waals surface area (Å²) in [5.74, 6) is 0.697. The normalized spacial score (nSPS) is 35.3. The number of aliphatic hydroxyl groups excluding tert-OH is 2. The summed E-state index contributed by atoms with van der Waals surface area (Å²) in [6.07, 6.45) is 12.0. The van der Waals surface area contributed by atoms with E-state index in [2.05, 4.69) is 38.7 Å². The molecule has 0 spiro atoms. The van der Waals surface area contributed by atoms with Crippen molar-refractivity contribution in [1.82, 2.24) is 0 Å². The SMILES string of the molecule is C=C1/C(=C/C=C2\CCC[C@]3(C)C([C@H](C)CCC(=O)C(C)(C)O)=CC[C@@H]23)C[C@@H](O)C[C@@H]1O. The fraction of sp³-hybridized carbons (Fsp3) is 0.667. The molecular weight excluding hydrogens is 388 g/mol. The highest BCUT2D eigenvalue weighted by atomic mass is 16.3. The molecule has 0 aromatic heterocycles. The van der Waals surface area contributed by atoms with Crippen LogP contribution in [0.2, 0.25) is 0 Å². The standard InChI is InChI=1S/C27H40O4/c1-17(8-13-25(30)26(3,4)31)22-11-12-23-19(7-6-14-27(22,23)5)9-10-20-15-21(28)16-24(29)18(20)2/h9-11,17,21,23-24,28-29,31H,2,6-8,12-16H2,1,3-5H3/b19-9+,20-10+/t17-,21-,23+,24+,27-/m1/s1. The highest BCUT2D eigenvalue weighted by molar-refractivity contribution is 5.86. The number of hydrogen-bond donors (Lipinski definition) is 3. The van der Waals surface area contributed by atoms with E-state index in [1.54, 1.807) is 13.8 Å². The van der Waals surface area contributed by atoms with Gasteiger partial charge in [0.1, 0.15) is 5.60 Å². The first kappa shape index (κ1) is 24.2. The molecule has 0 heterocycles. The van der Waals surface area contributed by atoms with Gasteiger partial charge in [-0.05, 0) is 80.8 Å². The Bertz CT molecular complexity index is 810. The van der Waals surface area contributed by atoms with Crippen molar-refractivity contribution in [3.63, 3.8) is 0 Å². The van der Waals surface area contributed by atoms with Crippen molar-refractivity contribution < 1.29 is 20.1 Å². The van der Waals surface area contributed by atoms with Crippen LogP contribution in [0.4, 0.5) is 0 Å². The maximum Gasteiger partial charge on any atom is 0.163 e. The van der Waals surface area contributed by atoms with Crippen molar-refractivity contribution in [3.8, 4) is 0 Å². The maximum absolute atomic E-state index is 12.2. The van der Waals surface area contributed by atoms with Crippen molar-refractivity contribution in [1.29, 1.82) is 0 Å². The number of allylic oxidation sites excluding steroid dienone is 5. The van der Waals surface area contributed by atoms with Crippen LogP contribution in [0.1, 0.15) is 79.1 Å². The molecule has 4 heteroatoms. The summed E-state index contributed by atoms with van der Waals surface area (Å²) in [5, 5.41) is 30.1. The van der Waals surface area contributed by atoms with Crippen molar-refractivity contribution in [3.05, 3.63) is 47.1 Å². The lowest BCUT2D eigenvalue weighted by molar-refractivity contribution is -0.134. The molecule has 0 unspecified atom stereocenters. The molecular formula is C27H40O4. The molecule has 0 aliphatic heterocycles. The zero-order valence-electron chi connectivity index (χ0n) is 19.7. The number of fused-ring (bicyclic) bond motifs is 1. The number of aliphatic hydroxyl groups is 3. The number of rotatable bonds is 6. The van der Waals surface area contributed by atoms with Crippen molar-refractivity contribution in [2.45, 2.75) is 96.9 Å². The van der Waals surface area contributed by atoms with Crippen LogP contribution in [0.5, 0.6) is 0 Å². The quantitative estimate of drug-likeness (QED) is 0.531. The lowest BCUT2D eigenvalue weighted by Crippen LogP contribution is -2.34. The Hall–Kier alpha value is -1.49. The summed E-state index contributed by atoms with van der Waals surface area (Å²) < 4.78 is 0. The van der Waals surface area contributed by atoms with E-state index < -0.39 is 17.8 Å². The molecule has 5 atom stereocenters. The van der Waals surface area contributed by atoms with Gasteiger partial charge in [-0.2, -0.15) is 0 Å². The van der Waals surface area contributed by atoms with Crippen LogP contribution in [0.15, 0.2) is 47.1 Å². The minimum absolute atomic E-state index is 0.0902. The monoisotopic (exact) mass is 428 g/mol. The molecule has 0 aromatic rings. The minimum atomic E-state index is -1.26. The van der Waals surface area contributed by atoms with Crippen LogP contribution in [0, 0.1) is 17.3 Å². The van der Waals surface area contributed by atoms with Crippen LogP contribution < -0.4 is 0 Å². The molecule has 3 N–H and O–H groups in total. The second-order valence-electron chi connectivity index (χ2n) is 10.7. The maximum atomic E-state index is 12.2. The fourth-order valence-electron chi connectivity index (χ4n) is 5.89. The molecule has 0 radical (unpaired) electrons. The Labute approximate surface area is 187 Å². The Morgan fingerprint density at radius 3 is 2.74 bits per heavy atom. The Kier molecular flexibility index (Phi) is 7.15. The summed E-state index contributed by atoms with van der Waals surface area (Å²) in [6.45, 7) is 11.7. The van der Waals surface area contributed by atoms with E-state index in [1.165, 1.54) is 11.1 Å². The third-order valence-electron chi connectivity index (χ3n) is 7.89. The van der Waals surface area contributed by atoms with E-state index in [-0.39, 0.29) is 11.2 Å². The summed E-state index contributed by atoms with van der Waals surface area (Å²) >= 11 is 0. The molecule has 0 amide bonds. The first-order valence-corrected chi connectivity index (χ1v) is 11.8. The predicted molar refractivity (Wildman–Crippen MR) is 124 cm³/mol. The molecule has 3 aliphatic rings. The smallest absolute Gasteiger partial charge is 0.163 e. The van der Waals surface area contributed by atoms with Crippen LogP contribution in [-0.4, -0.2) is 38.9 Å². The van der Waals surface area contributed by atoms with Crippen molar-refractivity contribution in [2.24, 2.45) is 17.3 Å². The third kappa shape index (κ3) is 5.13. The van der Waals surface area contributed by atoms with Crippen LogP contribution >= 0.6 is 0 Å². The van der Waals surface area contributed by atoms with Gasteiger partial charge in [-0.1, -0.05) is 49.8 Å². The Morgan fingerprint density at radius 2 is 2.06 bits per heavy atom. The van der Waals surface area contributed by atoms with Gasteiger partial charge in [0.05, 0.1) is 12.2 Å². The minimum Gasteiger partial charge on any atom is -0.393 e. The van der Waals surface area contributed by atoms with Crippen molar-refractivity contribution in [2.75, 3.05) is 0 Å². The molecule has 0 bridgehead atoms. The summed E-state index contributed by atoms with van der Waals surface area (Å²) in [7, 11) is 0. The average Bonchev–Trinajstić information content (AvgIpc) is 3.04. The van der Waals surface area contributed by atoms with Crippen LogP contribution in [0.25, 0.3) is 0 Å². The number of carbonyl (C=O) groups is 1. The van der Waals surface area contributed by atoms with E-state index >= 15 is 0 Å². The van der Waals surface area contributed by atoms with Gasteiger partial charge < -0.3 is 15.3 Å². The van der Waals surface area contributed by atoms with E-state index in [0.29, 0.717) is 31.1 Å². The number of ketones is 1. The van der Waals surface area contributed by atoms with Gasteiger partial charge in [-0.3, -0.25) is 4.79 Å². The molecule has 2 fully saturated rings. The summed E-state index contributed by atoms with van der Waals surface area (Å²) in [5.41, 5.74) is 3.45. The van der Waals surface area contributed by atoms with Gasteiger partial charge >= 0.3 is 0 Å². The van der Waals surface area contributed by atoms with E-state index in [4.69, 9.17) is 0 Å². The molecule has 0 aromatic carbocycles. The van der Waals surface area contributed by atoms with Gasteiger partial charge in [0.25, 0.3) is 0 Å². The summed E-state index contributed by atoms with van der Waals surface area (Å²) in [6, 6.07) is 0. The predicted octanol–water partition coefficient (Wildman–Crippen LogP) is 4.80. The molecule has 2 saturated carbocycles. The second kappa shape index (κ2) is 9.17. The fourth-order valence-corrected chi connectivity index (χ4v) is 5.89. The highest BCUT2D eigenvalue weighted by Crippen LogP contribution is 2.57. The first-order chi connectivity index (χ1) is 14.4. The highest BCUT2D eigenvalue weighted by Gasteiger charge is 2.46. The molecule has 3 aliphatic carbocycles. The molecule has 172 valence electrons. The van der Waals surface area contributed by atoms with Gasteiger partial charge in [-0.15, -0.1) is 0 Å². The van der Waals surface area contributed by atoms with E-state index in [0.717, 1.165) is 43.3 Å². The molecule has 31 heavy (non-hydrogen) atoms. The lowest BCUT2D eigenvalue weighted by atomic mass is 9.62. The zero-order chi connectivity index (χ0) is 23.0. The first-order valence-electron chi connectivity index (χ1n) is 11.8. The Balaban J connectivity index is 1.73. The van der Waals surface area contributed by atoms with Crippen LogP contribution in [0.3, 0.4) is 0 Å². The average molecular weight is 429 g/mol. The summed E-state index contributed by atoms with van der Waals surface area (Å²) in [4.78, 5) is 12.2. The zero-order valence-corrected chi connectivity index (χ0v) is 19.7. The molecule has 4 nitrogen and oxygen atoms in total. The topological polar surface area (TPSA) is 77.8 Å². The largest absolute Gasteiger partial charge is 0.393 e. The van der Waals surface area contributed by atoms with E-state index in [1.807, 2.05) is 0 Å². The number of Topliss-reactive ketones (excluding diaryl/α,β-unsaturated/α-hetero) is 1. The van der Waals surface area contributed by atoms with Crippen LogP contribution in [-0.2, 0) is 4.79 Å². The molecule has 3 rings (SSSR count). The third-order valence-corrected chi connectivity index (χ3v) is 7.89. The van der Waals surface area contributed by atoms with Gasteiger partial charge in [-0.25, -0.2) is 0 Å². The number of hydrogen-bond acceptors (Lipinski definition) is 4. The van der Waals surface area contributed by atoms with Gasteiger partial charge in [0.15, 0.2) is 5.78 Å². The number of carbonyl (C=O) groups excluding carboxylic acids is 1. The van der Waals surface area contributed by atoms with Crippen molar-refractivity contribution >= 4 is 5.78 Å². The van der Waals surface area contributed by atoms with E-state index in [9.17, 15) is 20.1 Å². The molecule has 0 saturated heterocycles.